The van der Waals surface area contributed by atoms with Crippen molar-refractivity contribution >= 4 is 15.9 Å². The van der Waals surface area contributed by atoms with Crippen LogP contribution in [0.1, 0.15) is 33.6 Å². The third-order valence-corrected chi connectivity index (χ3v) is 4.69. The van der Waals surface area contributed by atoms with Gasteiger partial charge < -0.3 is 10.1 Å². The van der Waals surface area contributed by atoms with E-state index in [0.717, 1.165) is 6.42 Å². The second-order valence-corrected chi connectivity index (χ2v) is 6.84. The Morgan fingerprint density at radius 3 is 2.62 bits per heavy atom. The van der Waals surface area contributed by atoms with E-state index in [2.05, 4.69) is 5.32 Å². The second kappa shape index (κ2) is 4.61. The van der Waals surface area contributed by atoms with Gasteiger partial charge in [-0.3, -0.25) is 0 Å². The Kier molecular flexibility index (Phi) is 3.83. The van der Waals surface area contributed by atoms with Crippen molar-refractivity contribution in [3.05, 3.63) is 0 Å². The zero-order valence-corrected chi connectivity index (χ0v) is 10.8. The van der Waals surface area contributed by atoms with E-state index in [1.165, 1.54) is 0 Å². The summed E-state index contributed by atoms with van der Waals surface area (Å²) in [5.41, 5.74) is -0.677. The Morgan fingerprint density at radius 2 is 2.19 bits per heavy atom. The highest BCUT2D eigenvalue weighted by molar-refractivity contribution is 7.91. The number of carbonyl (C=O) groups excluding carboxylic acids is 1. The summed E-state index contributed by atoms with van der Waals surface area (Å²) >= 11 is 0. The summed E-state index contributed by atoms with van der Waals surface area (Å²) < 4.78 is 27.7. The summed E-state index contributed by atoms with van der Waals surface area (Å²) in [4.78, 5) is 11.5. The highest BCUT2D eigenvalue weighted by atomic mass is 32.2. The fourth-order valence-electron chi connectivity index (χ4n) is 1.65. The Morgan fingerprint density at radius 1 is 1.56 bits per heavy atom. The maximum absolute atomic E-state index is 11.5. The Labute approximate surface area is 96.5 Å². The van der Waals surface area contributed by atoms with Crippen molar-refractivity contribution in [3.8, 4) is 0 Å². The molecule has 5 nitrogen and oxygen atoms in total. The van der Waals surface area contributed by atoms with Crippen molar-refractivity contribution in [2.75, 3.05) is 11.5 Å². The molecule has 0 aromatic heterocycles. The van der Waals surface area contributed by atoms with Gasteiger partial charge in [0.05, 0.1) is 17.0 Å². The standard InChI is InChI=1S/C10H19NO4S/c1-4-8(2)15-9(12)11-10(3)5-6-16(13,14)7-10/h8H,4-7H2,1-3H3,(H,11,12)/t8-,10-/m0/s1. The molecule has 2 atom stereocenters. The topological polar surface area (TPSA) is 72.5 Å². The summed E-state index contributed by atoms with van der Waals surface area (Å²) in [6.45, 7) is 5.45. The first-order valence-electron chi connectivity index (χ1n) is 5.45. The number of hydrogen-bond donors (Lipinski definition) is 1. The van der Waals surface area contributed by atoms with Crippen molar-refractivity contribution in [2.45, 2.75) is 45.3 Å². The number of carbonyl (C=O) groups is 1. The van der Waals surface area contributed by atoms with Gasteiger partial charge in [0.2, 0.25) is 0 Å². The van der Waals surface area contributed by atoms with Gasteiger partial charge in [-0.25, -0.2) is 13.2 Å². The molecule has 1 amide bonds. The molecule has 0 saturated carbocycles. The first-order valence-corrected chi connectivity index (χ1v) is 7.28. The molecule has 1 rings (SSSR count). The number of hydrogen-bond acceptors (Lipinski definition) is 4. The van der Waals surface area contributed by atoms with E-state index < -0.39 is 21.5 Å². The highest BCUT2D eigenvalue weighted by Crippen LogP contribution is 2.22. The fraction of sp³-hybridized carbons (Fsp3) is 0.900. The maximum Gasteiger partial charge on any atom is 0.407 e. The molecule has 0 aliphatic carbocycles. The summed E-state index contributed by atoms with van der Waals surface area (Å²) in [6, 6.07) is 0. The molecule has 0 radical (unpaired) electrons. The molecule has 1 aliphatic rings. The first kappa shape index (κ1) is 13.3. The average molecular weight is 249 g/mol. The van der Waals surface area contributed by atoms with Crippen LogP contribution in [-0.2, 0) is 14.6 Å². The zero-order chi connectivity index (χ0) is 12.4. The van der Waals surface area contributed by atoms with Crippen LogP contribution < -0.4 is 5.32 Å². The average Bonchev–Trinajstić information content (AvgIpc) is 2.39. The quantitative estimate of drug-likeness (QED) is 0.812. The van der Waals surface area contributed by atoms with Gasteiger partial charge in [-0.1, -0.05) is 6.92 Å². The highest BCUT2D eigenvalue weighted by Gasteiger charge is 2.39. The lowest BCUT2D eigenvalue weighted by molar-refractivity contribution is 0.0972. The van der Waals surface area contributed by atoms with E-state index in [9.17, 15) is 13.2 Å². The summed E-state index contributed by atoms with van der Waals surface area (Å²) in [5.74, 6) is 0.128. The van der Waals surface area contributed by atoms with Gasteiger partial charge in [0.15, 0.2) is 9.84 Å². The minimum absolute atomic E-state index is 0.00436. The van der Waals surface area contributed by atoms with E-state index in [4.69, 9.17) is 4.74 Å². The molecule has 6 heteroatoms. The molecule has 1 saturated heterocycles. The Balaban J connectivity index is 2.52. The van der Waals surface area contributed by atoms with Crippen LogP contribution in [0.2, 0.25) is 0 Å². The van der Waals surface area contributed by atoms with Crippen LogP contribution in [0.15, 0.2) is 0 Å². The number of alkyl carbamates (subject to hydrolysis) is 1. The number of ether oxygens (including phenoxy) is 1. The number of sulfone groups is 1. The smallest absolute Gasteiger partial charge is 0.407 e. The monoisotopic (exact) mass is 249 g/mol. The zero-order valence-electron chi connectivity index (χ0n) is 9.95. The van der Waals surface area contributed by atoms with Gasteiger partial charge in [-0.05, 0) is 26.7 Å². The normalized spacial score (nSPS) is 29.7. The minimum Gasteiger partial charge on any atom is -0.447 e. The van der Waals surface area contributed by atoms with Gasteiger partial charge in [0.25, 0.3) is 0 Å². The van der Waals surface area contributed by atoms with Crippen molar-refractivity contribution in [1.82, 2.24) is 5.32 Å². The van der Waals surface area contributed by atoms with Crippen LogP contribution >= 0.6 is 0 Å². The van der Waals surface area contributed by atoms with E-state index in [1.807, 2.05) is 6.92 Å². The lowest BCUT2D eigenvalue weighted by Crippen LogP contribution is -2.47. The molecule has 0 aromatic rings. The lowest BCUT2D eigenvalue weighted by Gasteiger charge is -2.24. The van der Waals surface area contributed by atoms with Crippen molar-refractivity contribution in [3.63, 3.8) is 0 Å². The molecule has 1 fully saturated rings. The molecule has 1 N–H and O–H groups in total. The van der Waals surface area contributed by atoms with Gasteiger partial charge in [-0.2, -0.15) is 0 Å². The van der Waals surface area contributed by atoms with Gasteiger partial charge in [0.1, 0.15) is 6.10 Å². The van der Waals surface area contributed by atoms with Gasteiger partial charge >= 0.3 is 6.09 Å². The van der Waals surface area contributed by atoms with E-state index in [0.29, 0.717) is 6.42 Å². The SMILES string of the molecule is CC[C@H](C)OC(=O)N[C@@]1(C)CCS(=O)(=O)C1. The number of nitrogens with one attached hydrogen (secondary N) is 1. The van der Waals surface area contributed by atoms with Crippen LogP contribution in [0.3, 0.4) is 0 Å². The number of rotatable bonds is 3. The van der Waals surface area contributed by atoms with Crippen LogP contribution in [-0.4, -0.2) is 37.7 Å². The van der Waals surface area contributed by atoms with Gasteiger partial charge in [0, 0.05) is 0 Å². The van der Waals surface area contributed by atoms with Crippen molar-refractivity contribution < 1.29 is 17.9 Å². The Hall–Kier alpha value is -0.780. The molecule has 16 heavy (non-hydrogen) atoms. The molecular formula is C10H19NO4S. The molecule has 1 aliphatic heterocycles. The van der Waals surface area contributed by atoms with Crippen molar-refractivity contribution in [2.24, 2.45) is 0 Å². The Bertz CT molecular complexity index is 365. The maximum atomic E-state index is 11.5. The number of amides is 1. The molecule has 1 heterocycles. The van der Waals surface area contributed by atoms with E-state index in [1.54, 1.807) is 13.8 Å². The van der Waals surface area contributed by atoms with Gasteiger partial charge in [-0.15, -0.1) is 0 Å². The summed E-state index contributed by atoms with van der Waals surface area (Å²) in [7, 11) is -3.00. The first-order chi connectivity index (χ1) is 7.26. The third-order valence-electron chi connectivity index (χ3n) is 2.79. The third kappa shape index (κ3) is 3.66. The molecule has 94 valence electrons. The molecule has 0 aromatic carbocycles. The molecular weight excluding hydrogens is 230 g/mol. The lowest BCUT2D eigenvalue weighted by atomic mass is 10.0. The van der Waals surface area contributed by atoms with Crippen LogP contribution in [0.4, 0.5) is 4.79 Å². The second-order valence-electron chi connectivity index (χ2n) is 4.65. The van der Waals surface area contributed by atoms with Crippen LogP contribution in [0.25, 0.3) is 0 Å². The van der Waals surface area contributed by atoms with Crippen LogP contribution in [0, 0.1) is 0 Å². The summed E-state index contributed by atoms with van der Waals surface area (Å²) in [5, 5.41) is 2.64. The largest absolute Gasteiger partial charge is 0.447 e. The predicted molar refractivity (Wildman–Crippen MR) is 61.0 cm³/mol. The van der Waals surface area contributed by atoms with Crippen molar-refractivity contribution in [1.29, 1.82) is 0 Å². The predicted octanol–water partition coefficient (Wildman–Crippen LogP) is 1.09. The fourth-order valence-corrected chi connectivity index (χ4v) is 3.74. The van der Waals surface area contributed by atoms with E-state index in [-0.39, 0.29) is 17.6 Å². The summed E-state index contributed by atoms with van der Waals surface area (Å²) in [6.07, 6.45) is 0.503. The minimum atomic E-state index is -3.00. The molecule has 0 bridgehead atoms. The van der Waals surface area contributed by atoms with E-state index >= 15 is 0 Å². The van der Waals surface area contributed by atoms with Crippen LogP contribution in [0.5, 0.6) is 0 Å². The molecule has 0 unspecified atom stereocenters. The molecule has 0 spiro atoms.